The van der Waals surface area contributed by atoms with Crippen molar-refractivity contribution in [1.82, 2.24) is 24.2 Å². The number of hydrogen-bond donors (Lipinski definition) is 1. The molecular weight excluding hydrogens is 698 g/mol. The second-order valence-corrected chi connectivity index (χ2v) is 15.5. The largest absolute Gasteiger partial charge is 0.461 e. The Labute approximate surface area is 309 Å². The predicted molar refractivity (Wildman–Crippen MR) is 203 cm³/mol. The van der Waals surface area contributed by atoms with Crippen molar-refractivity contribution >= 4 is 44.6 Å². The SMILES string of the molecule is CC(=O)OCc1c(-c2cc(Nc3ccc(N4C[C@@H](C)N(C5COC5)C[C@@H]4C)cn3)c(=O)n(C)c2)cc(F)cc1-n1ncc2c3c(sc2c1=O)CCCC3. The minimum atomic E-state index is -0.619. The summed E-state index contributed by atoms with van der Waals surface area (Å²) in [7, 11) is 1.61. The summed E-state index contributed by atoms with van der Waals surface area (Å²) in [5, 5.41) is 8.51. The normalized spacial score (nSPS) is 19.2. The van der Waals surface area contributed by atoms with Gasteiger partial charge in [-0.15, -0.1) is 11.3 Å². The first-order valence-electron chi connectivity index (χ1n) is 18.1. The van der Waals surface area contributed by atoms with Crippen molar-refractivity contribution in [3.05, 3.63) is 91.5 Å². The van der Waals surface area contributed by atoms with Gasteiger partial charge in [0.25, 0.3) is 11.1 Å². The van der Waals surface area contributed by atoms with Gasteiger partial charge in [0.1, 0.15) is 28.6 Å². The van der Waals surface area contributed by atoms with Crippen LogP contribution >= 0.6 is 11.3 Å². The lowest BCUT2D eigenvalue weighted by molar-refractivity contribution is -0.142. The number of hydrogen-bond acceptors (Lipinski definition) is 11. The van der Waals surface area contributed by atoms with Crippen molar-refractivity contribution in [3.8, 4) is 16.8 Å². The molecular formula is C39H42FN7O5S. The number of halogens is 1. The van der Waals surface area contributed by atoms with E-state index in [-0.39, 0.29) is 35.1 Å². The second-order valence-electron chi connectivity index (χ2n) is 14.4. The number of aromatic nitrogens is 4. The summed E-state index contributed by atoms with van der Waals surface area (Å²) in [5.74, 6) is -0.687. The van der Waals surface area contributed by atoms with E-state index in [2.05, 4.69) is 39.0 Å². The average Bonchev–Trinajstić information content (AvgIpc) is 3.50. The van der Waals surface area contributed by atoms with E-state index in [1.54, 1.807) is 25.5 Å². The number of benzene rings is 1. The third kappa shape index (κ3) is 6.64. The van der Waals surface area contributed by atoms with Crippen molar-refractivity contribution < 1.29 is 18.7 Å². The average molecular weight is 740 g/mol. The molecule has 0 unspecified atom stereocenters. The molecule has 4 aromatic heterocycles. The van der Waals surface area contributed by atoms with E-state index in [1.807, 2.05) is 18.3 Å². The molecule has 0 saturated carbocycles. The number of carbonyl (C=O) groups excluding carboxylic acids is 1. The van der Waals surface area contributed by atoms with E-state index in [4.69, 9.17) is 9.47 Å². The topological polar surface area (TPSA) is 124 Å². The van der Waals surface area contributed by atoms with Gasteiger partial charge in [-0.05, 0) is 74.9 Å². The lowest BCUT2D eigenvalue weighted by atomic mass is 9.97. The van der Waals surface area contributed by atoms with Crippen molar-refractivity contribution in [3.63, 3.8) is 0 Å². The van der Waals surface area contributed by atoms with Crippen LogP contribution in [0.3, 0.4) is 0 Å². The molecule has 8 rings (SSSR count). The molecule has 2 saturated heterocycles. The van der Waals surface area contributed by atoms with Crippen molar-refractivity contribution in [2.24, 2.45) is 7.05 Å². The zero-order chi connectivity index (χ0) is 37.0. The Bertz CT molecular complexity index is 2330. The molecule has 2 aliphatic heterocycles. The zero-order valence-electron chi connectivity index (χ0n) is 30.2. The number of pyridine rings is 2. The highest BCUT2D eigenvalue weighted by atomic mass is 32.1. The molecule has 1 aromatic carbocycles. The second kappa shape index (κ2) is 14.1. The zero-order valence-corrected chi connectivity index (χ0v) is 31.0. The summed E-state index contributed by atoms with van der Waals surface area (Å²) >= 11 is 1.47. The van der Waals surface area contributed by atoms with Crippen molar-refractivity contribution in [2.45, 2.75) is 71.2 Å². The van der Waals surface area contributed by atoms with Crippen LogP contribution in [0.5, 0.6) is 0 Å². The van der Waals surface area contributed by atoms with Gasteiger partial charge in [0.05, 0.1) is 43.0 Å². The highest BCUT2D eigenvalue weighted by molar-refractivity contribution is 7.19. The molecule has 0 bridgehead atoms. The van der Waals surface area contributed by atoms with Gasteiger partial charge < -0.3 is 24.3 Å². The quantitative estimate of drug-likeness (QED) is 0.209. The van der Waals surface area contributed by atoms with Gasteiger partial charge in [0.15, 0.2) is 0 Å². The van der Waals surface area contributed by atoms with Gasteiger partial charge in [-0.25, -0.2) is 9.37 Å². The first-order chi connectivity index (χ1) is 25.5. The fraction of sp³-hybridized carbons (Fsp3) is 0.410. The molecule has 2 fully saturated rings. The molecule has 0 spiro atoms. The van der Waals surface area contributed by atoms with Crippen LogP contribution in [0.4, 0.5) is 21.6 Å². The number of ether oxygens (including phenoxy) is 2. The summed E-state index contributed by atoms with van der Waals surface area (Å²) in [6.45, 7) is 8.88. The van der Waals surface area contributed by atoms with Gasteiger partial charge in [0, 0.05) is 72.8 Å². The molecule has 14 heteroatoms. The first kappa shape index (κ1) is 35.1. The third-order valence-corrected chi connectivity index (χ3v) is 12.0. The van der Waals surface area contributed by atoms with Crippen LogP contribution in [-0.4, -0.2) is 74.6 Å². The summed E-state index contributed by atoms with van der Waals surface area (Å²) in [6.07, 6.45) is 9.03. The van der Waals surface area contributed by atoms with Gasteiger partial charge >= 0.3 is 5.97 Å². The Morgan fingerprint density at radius 1 is 1.06 bits per heavy atom. The lowest BCUT2D eigenvalue weighted by Crippen LogP contribution is -2.63. The number of nitrogens with one attached hydrogen (secondary N) is 1. The molecule has 0 amide bonds. The number of piperazine rings is 1. The molecule has 5 aromatic rings. The fourth-order valence-electron chi connectivity index (χ4n) is 7.87. The van der Waals surface area contributed by atoms with Gasteiger partial charge in [-0.3, -0.25) is 19.3 Å². The smallest absolute Gasteiger partial charge is 0.302 e. The minimum absolute atomic E-state index is 0.158. The van der Waals surface area contributed by atoms with Crippen molar-refractivity contribution in [2.75, 3.05) is 36.5 Å². The maximum atomic E-state index is 15.6. The number of anilines is 3. The molecule has 53 heavy (non-hydrogen) atoms. The molecule has 2 atom stereocenters. The van der Waals surface area contributed by atoms with E-state index in [0.29, 0.717) is 39.3 Å². The predicted octanol–water partition coefficient (Wildman–Crippen LogP) is 5.33. The molecule has 0 radical (unpaired) electrons. The van der Waals surface area contributed by atoms with Gasteiger partial charge in [-0.1, -0.05) is 0 Å². The minimum Gasteiger partial charge on any atom is -0.461 e. The van der Waals surface area contributed by atoms with Gasteiger partial charge in [0.2, 0.25) is 0 Å². The number of rotatable bonds is 8. The van der Waals surface area contributed by atoms with Crippen LogP contribution < -0.4 is 21.3 Å². The van der Waals surface area contributed by atoms with Crippen LogP contribution in [0.25, 0.3) is 26.9 Å². The number of carbonyl (C=O) groups is 1. The Hall–Kier alpha value is -4.92. The number of nitrogens with zero attached hydrogens (tertiary/aromatic N) is 6. The molecule has 3 aliphatic rings. The highest BCUT2D eigenvalue weighted by Crippen LogP contribution is 2.36. The Morgan fingerprint density at radius 3 is 2.60 bits per heavy atom. The van der Waals surface area contributed by atoms with Crippen LogP contribution in [-0.2, 0) is 40.8 Å². The lowest BCUT2D eigenvalue weighted by Gasteiger charge is -2.50. The Balaban J connectivity index is 1.13. The molecule has 6 heterocycles. The fourth-order valence-corrected chi connectivity index (χ4v) is 9.16. The standard InChI is InChI=1S/C39H42FN7O5S/c1-22-17-46(28-19-51-20-28)23(2)16-45(22)27-9-10-36(41-14-27)43-33-11-25(18-44(4)38(33)49)30-12-26(40)13-34(32(30)21-52-24(3)48)47-39(50)37-31(15-42-47)29-7-5-6-8-35(29)53-37/h9-15,18,22-23,28H,5-8,16-17,19-21H2,1-4H3,(H,41,43)/t22-,23+/m0/s1. The number of fused-ring (bicyclic) bond motifs is 3. The maximum absolute atomic E-state index is 15.6. The van der Waals surface area contributed by atoms with E-state index < -0.39 is 11.8 Å². The molecule has 1 aliphatic carbocycles. The third-order valence-electron chi connectivity index (χ3n) is 10.7. The molecule has 1 N–H and O–H groups in total. The summed E-state index contributed by atoms with van der Waals surface area (Å²) in [6, 6.07) is 9.14. The number of esters is 1. The summed E-state index contributed by atoms with van der Waals surface area (Å²) in [5.41, 5.74) is 3.04. The van der Waals surface area contributed by atoms with E-state index >= 15 is 4.39 Å². The maximum Gasteiger partial charge on any atom is 0.302 e. The monoisotopic (exact) mass is 739 g/mol. The summed E-state index contributed by atoms with van der Waals surface area (Å²) in [4.78, 5) is 50.2. The van der Waals surface area contributed by atoms with Crippen LogP contribution in [0, 0.1) is 5.82 Å². The van der Waals surface area contributed by atoms with Crippen LogP contribution in [0.2, 0.25) is 0 Å². The summed E-state index contributed by atoms with van der Waals surface area (Å²) < 4.78 is 29.6. The van der Waals surface area contributed by atoms with Gasteiger partial charge in [-0.2, -0.15) is 9.78 Å². The van der Waals surface area contributed by atoms with Crippen LogP contribution in [0.15, 0.2) is 58.5 Å². The molecule has 276 valence electrons. The van der Waals surface area contributed by atoms with E-state index in [9.17, 15) is 14.4 Å². The molecule has 12 nitrogen and oxygen atoms in total. The van der Waals surface area contributed by atoms with E-state index in [0.717, 1.165) is 63.1 Å². The van der Waals surface area contributed by atoms with Crippen molar-refractivity contribution in [1.29, 1.82) is 0 Å². The Kier molecular flexibility index (Phi) is 9.37. The number of aryl methyl sites for hydroxylation is 3. The highest BCUT2D eigenvalue weighted by Gasteiger charge is 2.36. The number of thiophene rings is 1. The first-order valence-corrected chi connectivity index (χ1v) is 18.9. The Morgan fingerprint density at radius 2 is 1.87 bits per heavy atom. The van der Waals surface area contributed by atoms with E-state index in [1.165, 1.54) is 50.1 Å². The van der Waals surface area contributed by atoms with Crippen LogP contribution in [0.1, 0.15) is 49.6 Å².